The first-order valence-corrected chi connectivity index (χ1v) is 5.96. The number of rotatable bonds is 2. The molecule has 2 rings (SSSR count). The van der Waals surface area contributed by atoms with Crippen molar-refractivity contribution in [2.75, 3.05) is 25.0 Å². The average Bonchev–Trinajstić information content (AvgIpc) is 2.38. The van der Waals surface area contributed by atoms with E-state index in [1.807, 2.05) is 7.05 Å². The molecule has 1 fully saturated rings. The standard InChI is InChI=1S/C12H16F3N3/c1-16-9-4-6-18(7-5-9)10-2-3-11(17-8-10)12(13,14)15/h2-3,8-9,16H,4-7H2,1H3. The van der Waals surface area contributed by atoms with Gasteiger partial charge in [0.1, 0.15) is 5.69 Å². The molecule has 0 bridgehead atoms. The molecule has 6 heteroatoms. The second-order valence-corrected chi connectivity index (χ2v) is 4.45. The number of nitrogens with zero attached hydrogens (tertiary/aromatic N) is 2. The van der Waals surface area contributed by atoms with Crippen LogP contribution in [0.5, 0.6) is 0 Å². The van der Waals surface area contributed by atoms with E-state index >= 15 is 0 Å². The normalized spacial score (nSPS) is 18.1. The first kappa shape index (κ1) is 13.1. The Balaban J connectivity index is 2.02. The fraction of sp³-hybridized carbons (Fsp3) is 0.583. The lowest BCUT2D eigenvalue weighted by atomic mass is 10.1. The highest BCUT2D eigenvalue weighted by molar-refractivity contribution is 5.45. The molecule has 1 aliphatic heterocycles. The number of nitrogens with one attached hydrogen (secondary N) is 1. The predicted molar refractivity (Wildman–Crippen MR) is 63.5 cm³/mol. The number of alkyl halides is 3. The van der Waals surface area contributed by atoms with Crippen LogP contribution < -0.4 is 10.2 Å². The van der Waals surface area contributed by atoms with Crippen LogP contribution in [0.3, 0.4) is 0 Å². The number of hydrogen-bond donors (Lipinski definition) is 1. The molecule has 3 nitrogen and oxygen atoms in total. The van der Waals surface area contributed by atoms with Crippen molar-refractivity contribution in [3.8, 4) is 0 Å². The van der Waals surface area contributed by atoms with Crippen molar-refractivity contribution >= 4 is 5.69 Å². The number of pyridine rings is 1. The average molecular weight is 259 g/mol. The third kappa shape index (κ3) is 2.93. The van der Waals surface area contributed by atoms with E-state index < -0.39 is 11.9 Å². The number of aromatic nitrogens is 1. The van der Waals surface area contributed by atoms with E-state index in [2.05, 4.69) is 15.2 Å². The van der Waals surface area contributed by atoms with Crippen LogP contribution in [-0.4, -0.2) is 31.2 Å². The van der Waals surface area contributed by atoms with Crippen LogP contribution in [0.2, 0.25) is 0 Å². The van der Waals surface area contributed by atoms with Crippen molar-refractivity contribution in [3.05, 3.63) is 24.0 Å². The van der Waals surface area contributed by atoms with E-state index in [-0.39, 0.29) is 0 Å². The third-order valence-electron chi connectivity index (χ3n) is 3.31. The zero-order valence-corrected chi connectivity index (χ0v) is 10.2. The Morgan fingerprint density at radius 3 is 2.39 bits per heavy atom. The summed E-state index contributed by atoms with van der Waals surface area (Å²) >= 11 is 0. The van der Waals surface area contributed by atoms with Crippen molar-refractivity contribution in [3.63, 3.8) is 0 Å². The third-order valence-corrected chi connectivity index (χ3v) is 3.31. The maximum atomic E-state index is 12.4. The second kappa shape index (κ2) is 5.14. The lowest BCUT2D eigenvalue weighted by molar-refractivity contribution is -0.141. The van der Waals surface area contributed by atoms with Gasteiger partial charge in [0, 0.05) is 19.1 Å². The van der Waals surface area contributed by atoms with Crippen LogP contribution in [0.15, 0.2) is 18.3 Å². The Hall–Kier alpha value is -1.30. The molecule has 18 heavy (non-hydrogen) atoms. The van der Waals surface area contributed by atoms with Gasteiger partial charge in [-0.15, -0.1) is 0 Å². The molecular weight excluding hydrogens is 243 g/mol. The summed E-state index contributed by atoms with van der Waals surface area (Å²) in [6.45, 7) is 1.69. The van der Waals surface area contributed by atoms with Gasteiger partial charge in [-0.25, -0.2) is 4.98 Å². The van der Waals surface area contributed by atoms with Gasteiger partial charge >= 0.3 is 6.18 Å². The van der Waals surface area contributed by atoms with Crippen molar-refractivity contribution in [2.45, 2.75) is 25.1 Å². The molecule has 0 amide bonds. The van der Waals surface area contributed by atoms with Gasteiger partial charge in [0.05, 0.1) is 11.9 Å². The zero-order valence-electron chi connectivity index (χ0n) is 10.2. The first-order valence-electron chi connectivity index (χ1n) is 5.96. The van der Waals surface area contributed by atoms with E-state index in [1.165, 1.54) is 12.3 Å². The lowest BCUT2D eigenvalue weighted by Crippen LogP contribution is -2.41. The first-order chi connectivity index (χ1) is 8.50. The molecular formula is C12H16F3N3. The monoisotopic (exact) mass is 259 g/mol. The largest absolute Gasteiger partial charge is 0.433 e. The molecule has 2 heterocycles. The number of halogens is 3. The van der Waals surface area contributed by atoms with Crippen molar-refractivity contribution < 1.29 is 13.2 Å². The van der Waals surface area contributed by atoms with E-state index in [1.54, 1.807) is 0 Å². The van der Waals surface area contributed by atoms with E-state index in [9.17, 15) is 13.2 Å². The van der Waals surface area contributed by atoms with Crippen LogP contribution in [-0.2, 0) is 6.18 Å². The Morgan fingerprint density at radius 2 is 1.94 bits per heavy atom. The summed E-state index contributed by atoms with van der Waals surface area (Å²) in [4.78, 5) is 5.55. The zero-order chi connectivity index (χ0) is 13.2. The minimum Gasteiger partial charge on any atom is -0.370 e. The van der Waals surface area contributed by atoms with Gasteiger partial charge in [0.25, 0.3) is 0 Å². The quantitative estimate of drug-likeness (QED) is 0.883. The summed E-state index contributed by atoms with van der Waals surface area (Å²) in [6, 6.07) is 3.04. The minimum absolute atomic E-state index is 0.503. The Kier molecular flexibility index (Phi) is 3.75. The molecule has 1 aliphatic rings. The molecule has 1 aromatic rings. The molecule has 1 aromatic heterocycles. The molecule has 1 N–H and O–H groups in total. The molecule has 0 radical (unpaired) electrons. The van der Waals surface area contributed by atoms with E-state index in [4.69, 9.17) is 0 Å². The Morgan fingerprint density at radius 1 is 1.28 bits per heavy atom. The fourth-order valence-electron chi connectivity index (χ4n) is 2.17. The summed E-state index contributed by atoms with van der Waals surface area (Å²) in [5.41, 5.74) is -0.0751. The summed E-state index contributed by atoms with van der Waals surface area (Å²) in [7, 11) is 1.93. The van der Waals surface area contributed by atoms with Crippen LogP contribution in [0.4, 0.5) is 18.9 Å². The highest BCUT2D eigenvalue weighted by Crippen LogP contribution is 2.29. The Labute approximate surface area is 104 Å². The summed E-state index contributed by atoms with van der Waals surface area (Å²) < 4.78 is 37.1. The highest BCUT2D eigenvalue weighted by atomic mass is 19.4. The van der Waals surface area contributed by atoms with Gasteiger partial charge in [-0.3, -0.25) is 0 Å². The van der Waals surface area contributed by atoms with Gasteiger partial charge in [-0.1, -0.05) is 0 Å². The van der Waals surface area contributed by atoms with Crippen LogP contribution >= 0.6 is 0 Å². The topological polar surface area (TPSA) is 28.2 Å². The number of hydrogen-bond acceptors (Lipinski definition) is 3. The van der Waals surface area contributed by atoms with Crippen molar-refractivity contribution in [2.24, 2.45) is 0 Å². The maximum absolute atomic E-state index is 12.4. The fourth-order valence-corrected chi connectivity index (χ4v) is 2.17. The molecule has 100 valence electrons. The van der Waals surface area contributed by atoms with Gasteiger partial charge in [-0.2, -0.15) is 13.2 Å². The van der Waals surface area contributed by atoms with Gasteiger partial charge < -0.3 is 10.2 Å². The number of piperidine rings is 1. The predicted octanol–water partition coefficient (Wildman–Crippen LogP) is 2.29. The van der Waals surface area contributed by atoms with Crippen molar-refractivity contribution in [1.29, 1.82) is 0 Å². The van der Waals surface area contributed by atoms with Crippen LogP contribution in [0.1, 0.15) is 18.5 Å². The molecule has 0 atom stereocenters. The Bertz CT molecular complexity index is 381. The molecule has 0 saturated carbocycles. The number of anilines is 1. The van der Waals surface area contributed by atoms with Gasteiger partial charge in [0.15, 0.2) is 0 Å². The summed E-state index contributed by atoms with van der Waals surface area (Å²) in [5, 5.41) is 3.21. The maximum Gasteiger partial charge on any atom is 0.433 e. The molecule has 0 aromatic carbocycles. The van der Waals surface area contributed by atoms with Crippen molar-refractivity contribution in [1.82, 2.24) is 10.3 Å². The van der Waals surface area contributed by atoms with Crippen LogP contribution in [0.25, 0.3) is 0 Å². The van der Waals surface area contributed by atoms with Gasteiger partial charge in [-0.05, 0) is 32.0 Å². The highest BCUT2D eigenvalue weighted by Gasteiger charge is 2.32. The van der Waals surface area contributed by atoms with E-state index in [0.29, 0.717) is 6.04 Å². The molecule has 0 aliphatic carbocycles. The second-order valence-electron chi connectivity index (χ2n) is 4.45. The smallest absolute Gasteiger partial charge is 0.370 e. The summed E-state index contributed by atoms with van der Waals surface area (Å²) in [5.74, 6) is 0. The lowest BCUT2D eigenvalue weighted by Gasteiger charge is -2.33. The molecule has 0 spiro atoms. The minimum atomic E-state index is -4.36. The van der Waals surface area contributed by atoms with Gasteiger partial charge in [0.2, 0.25) is 0 Å². The van der Waals surface area contributed by atoms with Crippen LogP contribution in [0, 0.1) is 0 Å². The SMILES string of the molecule is CNC1CCN(c2ccc(C(F)(F)F)nc2)CC1. The molecule has 1 saturated heterocycles. The van der Waals surface area contributed by atoms with E-state index in [0.717, 1.165) is 37.7 Å². The summed E-state index contributed by atoms with van der Waals surface area (Å²) in [6.07, 6.45) is -1.06. The molecule has 0 unspecified atom stereocenters.